The Bertz CT molecular complexity index is 886. The Morgan fingerprint density at radius 2 is 1.82 bits per heavy atom. The van der Waals surface area contributed by atoms with Crippen LogP contribution in [0.5, 0.6) is 5.75 Å². The molecule has 0 radical (unpaired) electrons. The molecular weight excluding hydrogens is 352 g/mol. The Labute approximate surface area is 165 Å². The summed E-state index contributed by atoms with van der Waals surface area (Å²) in [5, 5.41) is 2.93. The molecule has 0 fully saturated rings. The zero-order valence-electron chi connectivity index (χ0n) is 16.1. The number of carbonyl (C=O) groups excluding carboxylic acids is 2. The van der Waals surface area contributed by atoms with Gasteiger partial charge >= 0.3 is 6.03 Å². The topological polar surface area (TPSA) is 58.6 Å². The van der Waals surface area contributed by atoms with Gasteiger partial charge in [0, 0.05) is 18.3 Å². The summed E-state index contributed by atoms with van der Waals surface area (Å²) in [5.41, 5.74) is 2.32. The van der Waals surface area contributed by atoms with Crippen molar-refractivity contribution < 1.29 is 14.3 Å². The molecule has 3 rings (SSSR count). The molecule has 5 heteroatoms. The van der Waals surface area contributed by atoms with E-state index in [-0.39, 0.29) is 11.8 Å². The number of ether oxygens (including phenoxy) is 1. The maximum atomic E-state index is 12.9. The molecule has 0 spiro atoms. The molecule has 1 heterocycles. The molecule has 0 saturated carbocycles. The Hall–Kier alpha value is -3.34. The zero-order chi connectivity index (χ0) is 19.9. The van der Waals surface area contributed by atoms with E-state index in [1.807, 2.05) is 68.4 Å². The third-order valence-electron chi connectivity index (χ3n) is 4.51. The molecule has 2 aromatic rings. The van der Waals surface area contributed by atoms with Crippen molar-refractivity contribution in [2.45, 2.75) is 19.9 Å². The summed E-state index contributed by atoms with van der Waals surface area (Å²) in [6.07, 6.45) is 4.97. The minimum absolute atomic E-state index is 0.138. The fourth-order valence-electron chi connectivity index (χ4n) is 3.04. The number of ketones is 1. The summed E-state index contributed by atoms with van der Waals surface area (Å²) >= 11 is 0. The van der Waals surface area contributed by atoms with E-state index < -0.39 is 6.04 Å². The maximum Gasteiger partial charge on any atom is 0.322 e. The second kappa shape index (κ2) is 9.04. The first-order valence-corrected chi connectivity index (χ1v) is 9.41. The van der Waals surface area contributed by atoms with Crippen molar-refractivity contribution in [3.8, 4) is 5.75 Å². The standard InChI is InChI=1S/C23H24N2O3/c1-3-25-16-20(22(24-23(25)27)18-8-6-5-7-9-18)21(26)15-12-17-10-13-19(14-11-17)28-4-2/h5-16,22H,3-4H2,1-2H3,(H,24,27)/b15-12+/t22-/m0/s1. The van der Waals surface area contributed by atoms with Gasteiger partial charge in [0.25, 0.3) is 0 Å². The number of allylic oxidation sites excluding steroid dienone is 1. The van der Waals surface area contributed by atoms with Gasteiger partial charge in [-0.25, -0.2) is 4.79 Å². The van der Waals surface area contributed by atoms with Crippen molar-refractivity contribution in [2.75, 3.05) is 13.2 Å². The van der Waals surface area contributed by atoms with Crippen LogP contribution in [0.25, 0.3) is 6.08 Å². The largest absolute Gasteiger partial charge is 0.494 e. The number of hydrogen-bond acceptors (Lipinski definition) is 3. The highest BCUT2D eigenvalue weighted by atomic mass is 16.5. The first-order valence-electron chi connectivity index (χ1n) is 9.41. The molecule has 28 heavy (non-hydrogen) atoms. The fourth-order valence-corrected chi connectivity index (χ4v) is 3.04. The summed E-state index contributed by atoms with van der Waals surface area (Å²) in [6.45, 7) is 4.91. The number of benzene rings is 2. The SMILES string of the molecule is CCOc1ccc(/C=C/C(=O)C2=CN(CC)C(=O)N[C@H]2c2ccccc2)cc1. The van der Waals surface area contributed by atoms with E-state index in [1.165, 1.54) is 4.90 Å². The monoisotopic (exact) mass is 376 g/mol. The first-order chi connectivity index (χ1) is 13.6. The number of amides is 2. The molecule has 0 aromatic heterocycles. The molecule has 1 aliphatic heterocycles. The van der Waals surface area contributed by atoms with Crippen molar-refractivity contribution in [2.24, 2.45) is 0 Å². The van der Waals surface area contributed by atoms with Crippen LogP contribution in [-0.4, -0.2) is 29.9 Å². The number of rotatable bonds is 7. The molecule has 1 N–H and O–H groups in total. The van der Waals surface area contributed by atoms with Gasteiger partial charge in [0.15, 0.2) is 5.78 Å². The van der Waals surface area contributed by atoms with E-state index in [0.717, 1.165) is 16.9 Å². The van der Waals surface area contributed by atoms with E-state index in [4.69, 9.17) is 4.74 Å². The van der Waals surface area contributed by atoms with E-state index in [2.05, 4.69) is 5.32 Å². The van der Waals surface area contributed by atoms with Gasteiger partial charge < -0.3 is 15.0 Å². The average molecular weight is 376 g/mol. The second-order valence-electron chi connectivity index (χ2n) is 6.36. The van der Waals surface area contributed by atoms with Crippen LogP contribution in [0.15, 0.2) is 72.4 Å². The summed E-state index contributed by atoms with van der Waals surface area (Å²) in [4.78, 5) is 26.7. The van der Waals surface area contributed by atoms with Gasteiger partial charge in [-0.3, -0.25) is 4.79 Å². The summed E-state index contributed by atoms with van der Waals surface area (Å²) in [6, 6.07) is 16.4. The van der Waals surface area contributed by atoms with Gasteiger partial charge in [-0.05, 0) is 43.2 Å². The highest BCUT2D eigenvalue weighted by molar-refractivity contribution is 6.08. The molecule has 2 amide bonds. The molecule has 2 aromatic carbocycles. The van der Waals surface area contributed by atoms with Crippen molar-refractivity contribution in [3.63, 3.8) is 0 Å². The Morgan fingerprint density at radius 3 is 2.46 bits per heavy atom. The van der Waals surface area contributed by atoms with E-state index in [1.54, 1.807) is 18.4 Å². The normalized spacial score (nSPS) is 16.6. The average Bonchev–Trinajstić information content (AvgIpc) is 2.73. The van der Waals surface area contributed by atoms with Crippen LogP contribution in [-0.2, 0) is 4.79 Å². The quantitative estimate of drug-likeness (QED) is 0.732. The van der Waals surface area contributed by atoms with Crippen LogP contribution in [0.4, 0.5) is 4.79 Å². The number of hydrogen-bond donors (Lipinski definition) is 1. The molecule has 144 valence electrons. The van der Waals surface area contributed by atoms with Crippen LogP contribution in [0, 0.1) is 0 Å². The maximum absolute atomic E-state index is 12.9. The van der Waals surface area contributed by atoms with Gasteiger partial charge in [0.1, 0.15) is 5.75 Å². The molecule has 0 unspecified atom stereocenters. The van der Waals surface area contributed by atoms with Crippen molar-refractivity contribution >= 4 is 17.9 Å². The van der Waals surface area contributed by atoms with Crippen LogP contribution >= 0.6 is 0 Å². The number of carbonyl (C=O) groups is 2. The molecular formula is C23H24N2O3. The van der Waals surface area contributed by atoms with Gasteiger partial charge in [-0.1, -0.05) is 48.5 Å². The van der Waals surface area contributed by atoms with E-state index in [9.17, 15) is 9.59 Å². The highest BCUT2D eigenvalue weighted by Gasteiger charge is 2.30. The van der Waals surface area contributed by atoms with E-state index in [0.29, 0.717) is 18.7 Å². The fraction of sp³-hybridized carbons (Fsp3) is 0.217. The van der Waals surface area contributed by atoms with Crippen LogP contribution in [0.2, 0.25) is 0 Å². The Morgan fingerprint density at radius 1 is 1.11 bits per heavy atom. The number of nitrogens with zero attached hydrogens (tertiary/aromatic N) is 1. The lowest BCUT2D eigenvalue weighted by atomic mass is 9.94. The van der Waals surface area contributed by atoms with Crippen LogP contribution in [0.1, 0.15) is 31.0 Å². The minimum Gasteiger partial charge on any atom is -0.494 e. The lowest BCUT2D eigenvalue weighted by Gasteiger charge is -2.31. The van der Waals surface area contributed by atoms with Crippen molar-refractivity contribution in [3.05, 3.63) is 83.6 Å². The highest BCUT2D eigenvalue weighted by Crippen LogP contribution is 2.27. The summed E-state index contributed by atoms with van der Waals surface area (Å²) < 4.78 is 5.43. The predicted molar refractivity (Wildman–Crippen MR) is 110 cm³/mol. The second-order valence-corrected chi connectivity index (χ2v) is 6.36. The lowest BCUT2D eigenvalue weighted by Crippen LogP contribution is -2.44. The van der Waals surface area contributed by atoms with Gasteiger partial charge in [0.2, 0.25) is 0 Å². The molecule has 0 bridgehead atoms. The zero-order valence-corrected chi connectivity index (χ0v) is 16.1. The van der Waals surface area contributed by atoms with Crippen LogP contribution < -0.4 is 10.1 Å². The molecule has 1 atom stereocenters. The predicted octanol–water partition coefficient (Wildman–Crippen LogP) is 4.34. The van der Waals surface area contributed by atoms with Crippen LogP contribution in [0.3, 0.4) is 0 Å². The molecule has 1 aliphatic rings. The summed E-state index contributed by atoms with van der Waals surface area (Å²) in [7, 11) is 0. The van der Waals surface area contributed by atoms with Crippen molar-refractivity contribution in [1.29, 1.82) is 0 Å². The minimum atomic E-state index is -0.464. The number of nitrogens with one attached hydrogen (secondary N) is 1. The van der Waals surface area contributed by atoms with E-state index >= 15 is 0 Å². The third kappa shape index (κ3) is 4.49. The van der Waals surface area contributed by atoms with Gasteiger partial charge in [-0.2, -0.15) is 0 Å². The smallest absolute Gasteiger partial charge is 0.322 e. The Kier molecular flexibility index (Phi) is 6.27. The van der Waals surface area contributed by atoms with Crippen molar-refractivity contribution in [1.82, 2.24) is 10.2 Å². The Balaban J connectivity index is 1.84. The van der Waals surface area contributed by atoms with Gasteiger partial charge in [0.05, 0.1) is 12.6 Å². The third-order valence-corrected chi connectivity index (χ3v) is 4.51. The molecule has 5 nitrogen and oxygen atoms in total. The molecule has 0 saturated heterocycles. The molecule has 0 aliphatic carbocycles. The lowest BCUT2D eigenvalue weighted by molar-refractivity contribution is -0.111. The summed E-state index contributed by atoms with van der Waals surface area (Å²) in [5.74, 6) is 0.660. The van der Waals surface area contributed by atoms with Gasteiger partial charge in [-0.15, -0.1) is 0 Å². The first kappa shape index (κ1) is 19.4. The number of urea groups is 1.